The first-order valence-corrected chi connectivity index (χ1v) is 4.57. The quantitative estimate of drug-likeness (QED) is 0.212. The zero-order valence-corrected chi connectivity index (χ0v) is 7.19. The van der Waals surface area contributed by atoms with E-state index in [1.165, 1.54) is 0 Å². The van der Waals surface area contributed by atoms with Crippen LogP contribution in [0.1, 0.15) is 6.92 Å². The molecule has 1 aliphatic rings. The van der Waals surface area contributed by atoms with Gasteiger partial charge in [-0.25, -0.2) is 0 Å². The molecule has 0 aromatic heterocycles. The summed E-state index contributed by atoms with van der Waals surface area (Å²) < 4.78 is 6.80. The predicted molar refractivity (Wildman–Crippen MR) is 27.0 cm³/mol. The molecule has 1 fully saturated rings. The maximum absolute atomic E-state index is 10.3. The molecule has 0 aromatic carbocycles. The monoisotopic (exact) mass is 246 g/mol. The van der Waals surface area contributed by atoms with Crippen LogP contribution in [0.2, 0.25) is 0 Å². The van der Waals surface area contributed by atoms with Crippen LogP contribution in [-0.4, -0.2) is 9.03 Å². The van der Waals surface area contributed by atoms with Crippen molar-refractivity contribution in [3.05, 3.63) is 0 Å². The van der Waals surface area contributed by atoms with E-state index in [0.717, 1.165) is 0 Å². The number of rotatable bonds is 0. The van der Waals surface area contributed by atoms with Gasteiger partial charge in [-0.3, -0.25) is 0 Å². The third-order valence-electron chi connectivity index (χ3n) is 0.579. The van der Waals surface area contributed by atoms with Crippen molar-refractivity contribution in [3.8, 4) is 0 Å². The fraction of sp³-hybridized carbons (Fsp3) is 0.667. The van der Waals surface area contributed by atoms with Crippen LogP contribution in [0.15, 0.2) is 0 Å². The molecular formula is C3H5INO2S-. The van der Waals surface area contributed by atoms with E-state index in [0.29, 0.717) is 0 Å². The topological polar surface area (TPSA) is 38.3 Å². The number of ether oxygens (including phenoxy) is 1. The first-order chi connectivity index (χ1) is 3.60. The summed E-state index contributed by atoms with van der Waals surface area (Å²) in [5.74, 6) is 0. The molecule has 1 aliphatic heterocycles. The number of halogens is 1. The van der Waals surface area contributed by atoms with Gasteiger partial charge in [0.15, 0.2) is 0 Å². The van der Waals surface area contributed by atoms with Crippen LogP contribution in [0.3, 0.4) is 0 Å². The Bertz CT molecular complexity index is 126. The zero-order valence-electron chi connectivity index (χ0n) is 4.14. The Morgan fingerprint density at radius 1 is 2.00 bits per heavy atom. The summed E-state index contributed by atoms with van der Waals surface area (Å²) >= 11 is 3.65. The molecule has 1 saturated heterocycles. The van der Waals surface area contributed by atoms with Gasteiger partial charge in [0.25, 0.3) is 0 Å². The molecule has 0 saturated carbocycles. The second-order valence-corrected chi connectivity index (χ2v) is 6.29. The van der Waals surface area contributed by atoms with Gasteiger partial charge in [0.2, 0.25) is 0 Å². The van der Waals surface area contributed by atoms with E-state index >= 15 is 0 Å². The molecule has 1 rings (SSSR count). The molecule has 0 aliphatic carbocycles. The SMILES string of the molecule is CC1(S)OC(=O)N[I-]1. The van der Waals surface area contributed by atoms with Gasteiger partial charge in [0.1, 0.15) is 0 Å². The van der Waals surface area contributed by atoms with Crippen molar-refractivity contribution in [1.29, 1.82) is 0 Å². The van der Waals surface area contributed by atoms with Crippen LogP contribution >= 0.6 is 12.6 Å². The number of alkyl halides is 1. The molecule has 0 bridgehead atoms. The van der Waals surface area contributed by atoms with Crippen molar-refractivity contribution < 1.29 is 31.0 Å². The first kappa shape index (κ1) is 6.47. The summed E-state index contributed by atoms with van der Waals surface area (Å²) in [6.07, 6.45) is -0.338. The molecule has 0 radical (unpaired) electrons. The van der Waals surface area contributed by atoms with E-state index in [2.05, 4.69) is 16.2 Å². The molecule has 5 heteroatoms. The molecule has 48 valence electrons. The number of hydrogen-bond donors (Lipinski definition) is 2. The number of nitrogens with one attached hydrogen (secondary N) is 1. The molecule has 0 aromatic rings. The van der Waals surface area contributed by atoms with Gasteiger partial charge in [-0.2, -0.15) is 0 Å². The Morgan fingerprint density at radius 3 is 2.75 bits per heavy atom. The second-order valence-electron chi connectivity index (χ2n) is 1.45. The normalized spacial score (nSPS) is 37.5. The average molecular weight is 246 g/mol. The average Bonchev–Trinajstić information content (AvgIpc) is 1.82. The van der Waals surface area contributed by atoms with Gasteiger partial charge in [0, 0.05) is 0 Å². The van der Waals surface area contributed by atoms with E-state index in [9.17, 15) is 4.79 Å². The van der Waals surface area contributed by atoms with Gasteiger partial charge < -0.3 is 0 Å². The van der Waals surface area contributed by atoms with Crippen LogP contribution in [0, 0.1) is 0 Å². The van der Waals surface area contributed by atoms with Crippen molar-refractivity contribution in [1.82, 2.24) is 3.53 Å². The number of carbonyl (C=O) groups is 1. The van der Waals surface area contributed by atoms with Crippen LogP contribution in [0.5, 0.6) is 0 Å². The number of cyclic esters (lactones) is 1. The summed E-state index contributed by atoms with van der Waals surface area (Å²) in [4.78, 5) is 10.3. The van der Waals surface area contributed by atoms with E-state index in [1.807, 2.05) is 0 Å². The van der Waals surface area contributed by atoms with Crippen molar-refractivity contribution in [3.63, 3.8) is 0 Å². The number of amides is 1. The van der Waals surface area contributed by atoms with Crippen molar-refractivity contribution in [2.45, 2.75) is 9.86 Å². The van der Waals surface area contributed by atoms with E-state index in [1.54, 1.807) is 6.92 Å². The van der Waals surface area contributed by atoms with Crippen molar-refractivity contribution in [2.24, 2.45) is 0 Å². The summed E-state index contributed by atoms with van der Waals surface area (Å²) in [6, 6.07) is 0. The van der Waals surface area contributed by atoms with E-state index in [4.69, 9.17) is 4.74 Å². The van der Waals surface area contributed by atoms with E-state index in [-0.39, 0.29) is 6.09 Å². The third-order valence-corrected chi connectivity index (χ3v) is 3.17. The van der Waals surface area contributed by atoms with E-state index < -0.39 is 24.4 Å². The molecule has 8 heavy (non-hydrogen) atoms. The minimum atomic E-state index is -0.490. The van der Waals surface area contributed by atoms with Crippen LogP contribution < -0.4 is 25.0 Å². The number of carbonyl (C=O) groups excluding carboxylic acids is 1. The van der Waals surface area contributed by atoms with Gasteiger partial charge in [-0.15, -0.1) is 0 Å². The number of thiol groups is 1. The van der Waals surface area contributed by atoms with Gasteiger partial charge in [0.05, 0.1) is 0 Å². The van der Waals surface area contributed by atoms with Crippen LogP contribution in [-0.2, 0) is 4.74 Å². The fourth-order valence-corrected chi connectivity index (χ4v) is 1.84. The first-order valence-electron chi connectivity index (χ1n) is 1.96. The Kier molecular flexibility index (Phi) is 1.57. The Hall–Kier alpha value is 0.350. The molecule has 1 amide bonds. The molecular weight excluding hydrogens is 241 g/mol. The third kappa shape index (κ3) is 1.41. The maximum atomic E-state index is 10.3. The second kappa shape index (κ2) is 1.94. The van der Waals surface area contributed by atoms with Gasteiger partial charge in [-0.05, 0) is 0 Å². The Labute approximate surface area is 63.2 Å². The van der Waals surface area contributed by atoms with Crippen LogP contribution in [0.25, 0.3) is 0 Å². The molecule has 1 heterocycles. The predicted octanol–water partition coefficient (Wildman–Crippen LogP) is -2.67. The Morgan fingerprint density at radius 2 is 2.62 bits per heavy atom. The van der Waals surface area contributed by atoms with Gasteiger partial charge >= 0.3 is 63.1 Å². The number of hydrogen-bond acceptors (Lipinski definition) is 3. The Balaban J connectivity index is 2.56. The summed E-state index contributed by atoms with van der Waals surface area (Å²) in [6.45, 7) is 1.78. The molecule has 0 spiro atoms. The summed E-state index contributed by atoms with van der Waals surface area (Å²) in [5.41, 5.74) is 0. The van der Waals surface area contributed by atoms with Crippen LogP contribution in [0.4, 0.5) is 4.79 Å². The molecule has 1 N–H and O–H groups in total. The minimum absolute atomic E-state index is 0.338. The van der Waals surface area contributed by atoms with Crippen molar-refractivity contribution >= 4 is 18.7 Å². The van der Waals surface area contributed by atoms with Crippen molar-refractivity contribution in [2.75, 3.05) is 0 Å². The summed E-state index contributed by atoms with van der Waals surface area (Å²) in [5, 5.41) is 0. The zero-order chi connectivity index (χ0) is 6.20. The molecule has 3 nitrogen and oxygen atoms in total. The molecule has 1 atom stereocenters. The standard InChI is InChI=1S/C3H5INO2S/c1-3(8)4-5-2(6)7-3/h8H,1H3,(H,5,6)/q-1. The molecule has 1 unspecified atom stereocenters. The fourth-order valence-electron chi connectivity index (χ4n) is 0.334. The van der Waals surface area contributed by atoms with Gasteiger partial charge in [-0.1, -0.05) is 0 Å². The summed E-state index contributed by atoms with van der Waals surface area (Å²) in [7, 11) is 0.